The van der Waals surface area contributed by atoms with E-state index in [1.54, 1.807) is 25.1 Å². The average molecular weight is 476 g/mol. The Hall–Kier alpha value is -2.52. The summed E-state index contributed by atoms with van der Waals surface area (Å²) in [6.07, 6.45) is 6.15. The van der Waals surface area contributed by atoms with Crippen LogP contribution in [0.3, 0.4) is 0 Å². The topological polar surface area (TPSA) is 83.7 Å². The van der Waals surface area contributed by atoms with Gasteiger partial charge in [0.1, 0.15) is 11.5 Å². The zero-order valence-electron chi connectivity index (χ0n) is 19.0. The molecular weight excluding hydrogens is 445 g/mol. The van der Waals surface area contributed by atoms with E-state index in [1.807, 2.05) is 4.90 Å². The van der Waals surface area contributed by atoms with Crippen LogP contribution >= 0.6 is 0 Å². The van der Waals surface area contributed by atoms with Crippen molar-refractivity contribution in [3.05, 3.63) is 47.1 Å². The number of rotatable bonds is 5. The summed E-state index contributed by atoms with van der Waals surface area (Å²) in [4.78, 5) is 14.9. The first-order valence-corrected chi connectivity index (χ1v) is 12.9. The second kappa shape index (κ2) is 9.77. The standard InChI is InChI=1S/C24H30FN3O4S/c1-17-11-14-27(15-12-17)24(29)20-7-5-13-28(16-20)33(30,31)23-18(2)26-32-22(23)10-9-19-6-3-4-8-21(19)25/h3-4,6,8-10,17,20H,5,7,11-16H2,1-2H3/b10-9+. The van der Waals surface area contributed by atoms with Crippen LogP contribution in [0.25, 0.3) is 12.2 Å². The zero-order chi connectivity index (χ0) is 23.6. The molecule has 3 heterocycles. The molecule has 0 radical (unpaired) electrons. The van der Waals surface area contributed by atoms with Gasteiger partial charge in [-0.25, -0.2) is 12.8 Å². The van der Waals surface area contributed by atoms with Crippen LogP contribution in [0.2, 0.25) is 0 Å². The average Bonchev–Trinajstić information content (AvgIpc) is 3.19. The van der Waals surface area contributed by atoms with Gasteiger partial charge >= 0.3 is 0 Å². The van der Waals surface area contributed by atoms with Crippen molar-refractivity contribution in [3.8, 4) is 0 Å². The molecule has 4 rings (SSSR count). The lowest BCUT2D eigenvalue weighted by Gasteiger charge is -2.36. The minimum absolute atomic E-state index is 0.0324. The number of halogens is 1. The highest BCUT2D eigenvalue weighted by molar-refractivity contribution is 7.89. The van der Waals surface area contributed by atoms with E-state index in [2.05, 4.69) is 12.1 Å². The second-order valence-corrected chi connectivity index (χ2v) is 10.9. The molecule has 0 N–H and O–H groups in total. The molecule has 0 aliphatic carbocycles. The molecule has 0 saturated carbocycles. The number of piperidine rings is 2. The number of sulfonamides is 1. The van der Waals surface area contributed by atoms with Gasteiger partial charge in [0.05, 0.1) is 5.92 Å². The molecule has 1 atom stereocenters. The van der Waals surface area contributed by atoms with Gasteiger partial charge in [0.15, 0.2) is 10.7 Å². The Balaban J connectivity index is 1.54. The molecule has 178 valence electrons. The number of amides is 1. The highest BCUT2D eigenvalue weighted by Gasteiger charge is 2.38. The van der Waals surface area contributed by atoms with E-state index < -0.39 is 15.8 Å². The zero-order valence-corrected chi connectivity index (χ0v) is 19.9. The number of aromatic nitrogens is 1. The Bertz CT molecular complexity index is 1140. The molecule has 2 aliphatic rings. The molecule has 2 saturated heterocycles. The SMILES string of the molecule is Cc1noc(/C=C/c2ccccc2F)c1S(=O)(=O)N1CCCC(C(=O)N2CCC(C)CC2)C1. The van der Waals surface area contributed by atoms with Crippen LogP contribution in [0.15, 0.2) is 33.7 Å². The summed E-state index contributed by atoms with van der Waals surface area (Å²) < 4.78 is 47.7. The third-order valence-corrected chi connectivity index (χ3v) is 8.60. The number of nitrogens with zero attached hydrogens (tertiary/aromatic N) is 3. The van der Waals surface area contributed by atoms with Crippen molar-refractivity contribution in [1.82, 2.24) is 14.4 Å². The number of carbonyl (C=O) groups is 1. The van der Waals surface area contributed by atoms with Crippen LogP contribution in [0, 0.1) is 24.6 Å². The van der Waals surface area contributed by atoms with E-state index in [1.165, 1.54) is 22.5 Å². The predicted octanol–water partition coefficient (Wildman–Crippen LogP) is 3.95. The van der Waals surface area contributed by atoms with Gasteiger partial charge in [-0.1, -0.05) is 30.3 Å². The molecule has 1 aromatic heterocycles. The summed E-state index contributed by atoms with van der Waals surface area (Å²) in [7, 11) is -3.94. The maximum Gasteiger partial charge on any atom is 0.248 e. The highest BCUT2D eigenvalue weighted by Crippen LogP contribution is 2.30. The van der Waals surface area contributed by atoms with Crippen LogP contribution in [0.4, 0.5) is 4.39 Å². The third kappa shape index (κ3) is 5.04. The Morgan fingerprint density at radius 3 is 2.61 bits per heavy atom. The molecule has 2 fully saturated rings. The molecular formula is C24H30FN3O4S. The normalized spacial score (nSPS) is 21.1. The smallest absolute Gasteiger partial charge is 0.248 e. The largest absolute Gasteiger partial charge is 0.355 e. The van der Waals surface area contributed by atoms with Gasteiger partial charge in [-0.2, -0.15) is 4.31 Å². The summed E-state index contributed by atoms with van der Waals surface area (Å²) in [6, 6.07) is 6.20. The molecule has 1 unspecified atom stereocenters. The van der Waals surface area contributed by atoms with E-state index in [0.717, 1.165) is 25.9 Å². The molecule has 9 heteroatoms. The Morgan fingerprint density at radius 2 is 1.88 bits per heavy atom. The monoisotopic (exact) mass is 475 g/mol. The van der Waals surface area contributed by atoms with Crippen molar-refractivity contribution in [3.63, 3.8) is 0 Å². The molecule has 33 heavy (non-hydrogen) atoms. The van der Waals surface area contributed by atoms with Crippen LogP contribution in [-0.2, 0) is 14.8 Å². The number of hydrogen-bond acceptors (Lipinski definition) is 5. The van der Waals surface area contributed by atoms with Gasteiger partial charge in [-0.05, 0) is 56.7 Å². The van der Waals surface area contributed by atoms with Crippen molar-refractivity contribution in [2.45, 2.75) is 44.4 Å². The van der Waals surface area contributed by atoms with Crippen LogP contribution in [0.5, 0.6) is 0 Å². The van der Waals surface area contributed by atoms with Crippen LogP contribution in [-0.4, -0.2) is 54.9 Å². The van der Waals surface area contributed by atoms with Gasteiger partial charge in [0.2, 0.25) is 15.9 Å². The summed E-state index contributed by atoms with van der Waals surface area (Å²) in [5.74, 6) is -0.0548. The summed E-state index contributed by atoms with van der Waals surface area (Å²) in [5.41, 5.74) is 0.552. The van der Waals surface area contributed by atoms with Crippen molar-refractivity contribution in [2.24, 2.45) is 11.8 Å². The molecule has 0 bridgehead atoms. The summed E-state index contributed by atoms with van der Waals surface area (Å²) in [5, 5.41) is 3.85. The number of likely N-dealkylation sites (tertiary alicyclic amines) is 1. The fourth-order valence-corrected chi connectivity index (χ4v) is 6.33. The van der Waals surface area contributed by atoms with E-state index in [0.29, 0.717) is 30.9 Å². The molecule has 2 aromatic rings. The van der Waals surface area contributed by atoms with E-state index in [4.69, 9.17) is 4.52 Å². The summed E-state index contributed by atoms with van der Waals surface area (Å²) in [6.45, 7) is 5.71. The quantitative estimate of drug-likeness (QED) is 0.654. The minimum atomic E-state index is -3.94. The fraction of sp³-hybridized carbons (Fsp3) is 0.500. The number of benzene rings is 1. The van der Waals surface area contributed by atoms with Gasteiger partial charge < -0.3 is 9.42 Å². The van der Waals surface area contributed by atoms with Crippen LogP contribution < -0.4 is 0 Å². The lowest BCUT2D eigenvalue weighted by molar-refractivity contribution is -0.138. The molecule has 0 spiro atoms. The second-order valence-electron chi connectivity index (χ2n) is 9.03. The highest BCUT2D eigenvalue weighted by atomic mass is 32.2. The Kier molecular flexibility index (Phi) is 6.99. The lowest BCUT2D eigenvalue weighted by atomic mass is 9.94. The first kappa shape index (κ1) is 23.6. The first-order chi connectivity index (χ1) is 15.8. The molecule has 7 nitrogen and oxygen atoms in total. The van der Waals surface area contributed by atoms with Crippen LogP contribution in [0.1, 0.15) is 49.6 Å². The first-order valence-electron chi connectivity index (χ1n) is 11.4. The number of hydrogen-bond donors (Lipinski definition) is 0. The Morgan fingerprint density at radius 1 is 1.15 bits per heavy atom. The molecule has 1 amide bonds. The van der Waals surface area contributed by atoms with Crippen molar-refractivity contribution >= 4 is 28.1 Å². The fourth-order valence-electron chi connectivity index (χ4n) is 4.55. The van der Waals surface area contributed by atoms with Gasteiger partial charge in [0.25, 0.3) is 0 Å². The van der Waals surface area contributed by atoms with Gasteiger partial charge in [-0.3, -0.25) is 4.79 Å². The predicted molar refractivity (Wildman–Crippen MR) is 123 cm³/mol. The van der Waals surface area contributed by atoms with E-state index >= 15 is 0 Å². The number of carbonyl (C=O) groups excluding carboxylic acids is 1. The maximum absolute atomic E-state index is 14.0. The molecule has 1 aromatic carbocycles. The Labute approximate surface area is 194 Å². The lowest BCUT2D eigenvalue weighted by Crippen LogP contribution is -2.48. The number of aryl methyl sites for hydroxylation is 1. The minimum Gasteiger partial charge on any atom is -0.355 e. The van der Waals surface area contributed by atoms with E-state index in [-0.39, 0.29) is 34.7 Å². The summed E-state index contributed by atoms with van der Waals surface area (Å²) >= 11 is 0. The van der Waals surface area contributed by atoms with E-state index in [9.17, 15) is 17.6 Å². The van der Waals surface area contributed by atoms with Gasteiger partial charge in [0, 0.05) is 31.7 Å². The van der Waals surface area contributed by atoms with Crippen molar-refractivity contribution < 1.29 is 22.1 Å². The third-order valence-electron chi connectivity index (χ3n) is 6.58. The van der Waals surface area contributed by atoms with Gasteiger partial charge in [-0.15, -0.1) is 0 Å². The van der Waals surface area contributed by atoms with Crippen molar-refractivity contribution in [1.29, 1.82) is 0 Å². The van der Waals surface area contributed by atoms with Crippen molar-refractivity contribution in [2.75, 3.05) is 26.2 Å². The molecule has 2 aliphatic heterocycles. The maximum atomic E-state index is 14.0.